The summed E-state index contributed by atoms with van der Waals surface area (Å²) in [7, 11) is 0. The van der Waals surface area contributed by atoms with Gasteiger partial charge in [-0.15, -0.1) is 0 Å². The zero-order chi connectivity index (χ0) is 36.7. The van der Waals surface area contributed by atoms with Crippen molar-refractivity contribution >= 4 is 27.8 Å². The van der Waals surface area contributed by atoms with Gasteiger partial charge in [0, 0.05) is 39.3 Å². The number of fused-ring (bicyclic) bond motifs is 3. The Kier molecular flexibility index (Phi) is 7.79. The Morgan fingerprint density at radius 3 is 1.45 bits per heavy atom. The van der Waals surface area contributed by atoms with Crippen molar-refractivity contribution in [3.63, 3.8) is 0 Å². The van der Waals surface area contributed by atoms with Gasteiger partial charge in [-0.1, -0.05) is 140 Å². The minimum atomic E-state index is 0.592. The van der Waals surface area contributed by atoms with E-state index in [-0.39, 0.29) is 0 Å². The maximum atomic E-state index is 9.69. The van der Waals surface area contributed by atoms with Gasteiger partial charge in [0.2, 0.25) is 0 Å². The van der Waals surface area contributed by atoms with E-state index in [1.165, 1.54) is 16.3 Å². The fourth-order valence-electron chi connectivity index (χ4n) is 7.70. The van der Waals surface area contributed by atoms with E-state index in [1.54, 1.807) is 0 Å². The second-order valence-corrected chi connectivity index (χ2v) is 13.6. The average molecular weight is 702 g/mol. The Labute approximate surface area is 319 Å². The molecule has 5 nitrogen and oxygen atoms in total. The molecule has 9 aromatic rings. The summed E-state index contributed by atoms with van der Waals surface area (Å²) in [6.45, 7) is 0. The molecule has 0 amide bonds. The van der Waals surface area contributed by atoms with Crippen molar-refractivity contribution in [2.75, 3.05) is 4.90 Å². The molecular weight excluding hydrogens is 671 g/mol. The number of hydrogen-bond donors (Lipinski definition) is 0. The molecule has 0 bridgehead atoms. The molecule has 0 atom stereocenters. The molecule has 0 aliphatic heterocycles. The van der Waals surface area contributed by atoms with E-state index < -0.39 is 0 Å². The second-order valence-electron chi connectivity index (χ2n) is 13.6. The van der Waals surface area contributed by atoms with Crippen LogP contribution in [0.2, 0.25) is 0 Å². The molecule has 8 aromatic carbocycles. The number of aromatic nitrogens is 3. The van der Waals surface area contributed by atoms with E-state index in [2.05, 4.69) is 108 Å². The van der Waals surface area contributed by atoms with Gasteiger partial charge in [-0.25, -0.2) is 15.0 Å². The molecule has 0 spiro atoms. The molecule has 1 aliphatic carbocycles. The molecule has 0 unspecified atom stereocenters. The third kappa shape index (κ3) is 5.70. The van der Waals surface area contributed by atoms with Gasteiger partial charge in [-0.3, -0.25) is 0 Å². The third-order valence-electron chi connectivity index (χ3n) is 10.3. The van der Waals surface area contributed by atoms with Gasteiger partial charge in [0.15, 0.2) is 17.5 Å². The van der Waals surface area contributed by atoms with Crippen LogP contribution in [0.5, 0.6) is 0 Å². The molecule has 1 aromatic heterocycles. The molecule has 0 saturated heterocycles. The third-order valence-corrected chi connectivity index (χ3v) is 10.3. The highest BCUT2D eigenvalue weighted by atomic mass is 15.1. The fourth-order valence-corrected chi connectivity index (χ4v) is 7.70. The Bertz CT molecular complexity index is 2840. The van der Waals surface area contributed by atoms with Crippen molar-refractivity contribution in [2.24, 2.45) is 0 Å². The molecular formula is C50H31N5. The van der Waals surface area contributed by atoms with Crippen LogP contribution in [0.4, 0.5) is 17.1 Å². The molecule has 256 valence electrons. The highest BCUT2D eigenvalue weighted by Crippen LogP contribution is 2.53. The van der Waals surface area contributed by atoms with Gasteiger partial charge in [0.1, 0.15) is 0 Å². The van der Waals surface area contributed by atoms with Crippen LogP contribution in [0.1, 0.15) is 5.56 Å². The van der Waals surface area contributed by atoms with Gasteiger partial charge >= 0.3 is 0 Å². The van der Waals surface area contributed by atoms with Crippen LogP contribution in [0.3, 0.4) is 0 Å². The summed E-state index contributed by atoms with van der Waals surface area (Å²) in [5.74, 6) is 1.81. The summed E-state index contributed by atoms with van der Waals surface area (Å²) in [4.78, 5) is 17.7. The molecule has 1 heterocycles. The van der Waals surface area contributed by atoms with Gasteiger partial charge in [0.05, 0.1) is 11.6 Å². The minimum absolute atomic E-state index is 0.592. The van der Waals surface area contributed by atoms with Crippen molar-refractivity contribution in [1.29, 1.82) is 5.26 Å². The number of hydrogen-bond acceptors (Lipinski definition) is 5. The highest BCUT2D eigenvalue weighted by molar-refractivity contribution is 6.18. The van der Waals surface area contributed by atoms with Crippen LogP contribution in [-0.4, -0.2) is 15.0 Å². The number of rotatable bonds is 7. The minimum Gasteiger partial charge on any atom is -0.310 e. The Balaban J connectivity index is 1.25. The first-order valence-corrected chi connectivity index (χ1v) is 18.3. The van der Waals surface area contributed by atoms with E-state index in [9.17, 15) is 5.26 Å². The van der Waals surface area contributed by atoms with Crippen LogP contribution in [0, 0.1) is 11.3 Å². The van der Waals surface area contributed by atoms with E-state index in [0.29, 0.717) is 23.0 Å². The van der Waals surface area contributed by atoms with Crippen molar-refractivity contribution < 1.29 is 0 Å². The first-order chi connectivity index (χ1) is 27.2. The molecule has 1 aliphatic rings. The molecule has 10 rings (SSSR count). The predicted octanol–water partition coefficient (Wildman–Crippen LogP) is 12.7. The quantitative estimate of drug-likeness (QED) is 0.165. The summed E-state index contributed by atoms with van der Waals surface area (Å²) in [6, 6.07) is 66.8. The summed E-state index contributed by atoms with van der Waals surface area (Å²) in [5.41, 5.74) is 13.0. The van der Waals surface area contributed by atoms with Crippen LogP contribution >= 0.6 is 0 Å². The number of anilines is 3. The average Bonchev–Trinajstić information content (AvgIpc) is 3.59. The second kappa shape index (κ2) is 13.4. The number of benzene rings is 8. The zero-order valence-corrected chi connectivity index (χ0v) is 29.6. The monoisotopic (exact) mass is 701 g/mol. The molecule has 0 radical (unpaired) electrons. The number of nitrogens with zero attached hydrogens (tertiary/aromatic N) is 5. The maximum Gasteiger partial charge on any atom is 0.164 e. The van der Waals surface area contributed by atoms with Gasteiger partial charge in [-0.05, 0) is 87.1 Å². The zero-order valence-electron chi connectivity index (χ0n) is 29.6. The summed E-state index contributed by atoms with van der Waals surface area (Å²) >= 11 is 0. The standard InChI is InChI=1S/C50H31N5/c51-32-33-22-26-39(27-23-33)55(40-28-24-35(25-29-40)34-12-4-1-5-13-34)41-30-44-42-20-10-18-36-19-11-21-43(46(36)42)47(44)45(31-41)50-53-48(37-14-6-2-7-15-37)52-49(54-50)38-16-8-3-9-17-38/h1-31H. The molecule has 0 saturated carbocycles. The first-order valence-electron chi connectivity index (χ1n) is 18.3. The van der Waals surface area contributed by atoms with Crippen molar-refractivity contribution in [3.05, 3.63) is 194 Å². The van der Waals surface area contributed by atoms with E-state index in [4.69, 9.17) is 15.0 Å². The summed E-state index contributed by atoms with van der Waals surface area (Å²) < 4.78 is 0. The maximum absolute atomic E-state index is 9.69. The Morgan fingerprint density at radius 2 is 0.873 bits per heavy atom. The predicted molar refractivity (Wildman–Crippen MR) is 223 cm³/mol. The normalized spacial score (nSPS) is 11.3. The van der Waals surface area contributed by atoms with Crippen molar-refractivity contribution in [2.45, 2.75) is 0 Å². The lowest BCUT2D eigenvalue weighted by atomic mass is 9.95. The topological polar surface area (TPSA) is 65.7 Å². The van der Waals surface area contributed by atoms with Crippen LogP contribution in [0.15, 0.2) is 188 Å². The highest BCUT2D eigenvalue weighted by Gasteiger charge is 2.29. The lowest BCUT2D eigenvalue weighted by Crippen LogP contribution is -2.11. The van der Waals surface area contributed by atoms with E-state index >= 15 is 0 Å². The van der Waals surface area contributed by atoms with E-state index in [0.717, 1.165) is 61.6 Å². The molecule has 55 heavy (non-hydrogen) atoms. The largest absolute Gasteiger partial charge is 0.310 e. The SMILES string of the molecule is N#Cc1ccc(N(c2ccc(-c3ccccc3)cc2)c2cc(-c3nc(-c4ccccc4)nc(-c4ccccc4)n3)c3c(c2)-c2cccc4cccc-3c24)cc1. The summed E-state index contributed by atoms with van der Waals surface area (Å²) in [5, 5.41) is 12.1. The Morgan fingerprint density at radius 1 is 0.382 bits per heavy atom. The fraction of sp³-hybridized carbons (Fsp3) is 0. The van der Waals surface area contributed by atoms with E-state index in [1.807, 2.05) is 91.0 Å². The lowest BCUT2D eigenvalue weighted by molar-refractivity contribution is 1.07. The van der Waals surface area contributed by atoms with Gasteiger partial charge in [-0.2, -0.15) is 5.26 Å². The smallest absolute Gasteiger partial charge is 0.164 e. The molecule has 5 heteroatoms. The molecule has 0 N–H and O–H groups in total. The van der Waals surface area contributed by atoms with Crippen LogP contribution in [-0.2, 0) is 0 Å². The van der Waals surface area contributed by atoms with Crippen LogP contribution < -0.4 is 4.90 Å². The lowest BCUT2D eigenvalue weighted by Gasteiger charge is -2.27. The number of nitriles is 1. The van der Waals surface area contributed by atoms with Crippen molar-refractivity contribution in [1.82, 2.24) is 15.0 Å². The van der Waals surface area contributed by atoms with Crippen molar-refractivity contribution in [3.8, 4) is 73.6 Å². The molecule has 0 fully saturated rings. The van der Waals surface area contributed by atoms with Gasteiger partial charge in [0.25, 0.3) is 0 Å². The van der Waals surface area contributed by atoms with Gasteiger partial charge < -0.3 is 4.90 Å². The van der Waals surface area contributed by atoms with Crippen LogP contribution in [0.25, 0.3) is 78.3 Å². The summed E-state index contributed by atoms with van der Waals surface area (Å²) in [6.07, 6.45) is 0. The first kappa shape index (κ1) is 32.0. The Hall–Kier alpha value is -7.68.